The highest BCUT2D eigenvalue weighted by molar-refractivity contribution is 7.99. The SMILES string of the molecule is Cc1cc(C)c2c(c1)N=[N+](c1ccccc1)CS2. The van der Waals surface area contributed by atoms with Gasteiger partial charge in [-0.2, -0.15) is 0 Å². The molecular formula is C15H15N2S+. The topological polar surface area (TPSA) is 15.4 Å². The molecule has 0 unspecified atom stereocenters. The van der Waals surface area contributed by atoms with Crippen LogP contribution in [0.3, 0.4) is 0 Å². The Labute approximate surface area is 111 Å². The van der Waals surface area contributed by atoms with E-state index in [0.717, 1.165) is 17.3 Å². The van der Waals surface area contributed by atoms with Crippen LogP contribution >= 0.6 is 11.8 Å². The molecule has 0 aliphatic carbocycles. The number of benzene rings is 2. The average Bonchev–Trinajstić information content (AvgIpc) is 2.39. The van der Waals surface area contributed by atoms with E-state index < -0.39 is 0 Å². The first-order valence-electron chi connectivity index (χ1n) is 6.02. The molecule has 2 nitrogen and oxygen atoms in total. The number of para-hydroxylation sites is 1. The Morgan fingerprint density at radius 1 is 1.11 bits per heavy atom. The summed E-state index contributed by atoms with van der Waals surface area (Å²) in [4.78, 5) is 1.31. The molecule has 0 aromatic heterocycles. The molecule has 3 heteroatoms. The molecule has 1 aliphatic rings. The number of hydrogen-bond acceptors (Lipinski definition) is 2. The van der Waals surface area contributed by atoms with Crippen molar-refractivity contribution in [2.24, 2.45) is 5.11 Å². The van der Waals surface area contributed by atoms with E-state index in [-0.39, 0.29) is 0 Å². The Morgan fingerprint density at radius 2 is 1.89 bits per heavy atom. The molecule has 0 saturated heterocycles. The molecule has 0 fully saturated rings. The van der Waals surface area contributed by atoms with Crippen molar-refractivity contribution in [3.63, 3.8) is 0 Å². The monoisotopic (exact) mass is 255 g/mol. The Balaban J connectivity index is 2.09. The van der Waals surface area contributed by atoms with E-state index in [1.54, 1.807) is 0 Å². The van der Waals surface area contributed by atoms with Gasteiger partial charge in [-0.05, 0) is 31.0 Å². The third-order valence-corrected chi connectivity index (χ3v) is 4.21. The number of azo groups is 2. The standard InChI is InChI=1S/C15H15N2S/c1-11-8-12(2)15-14(9-11)16-17(10-18-15)13-6-4-3-5-7-13/h3-9H,10H2,1-2H3/q+1. The second kappa shape index (κ2) is 4.58. The van der Waals surface area contributed by atoms with Crippen LogP contribution in [0.15, 0.2) is 52.5 Å². The maximum atomic E-state index is 4.75. The largest absolute Gasteiger partial charge is 0.232 e. The molecule has 0 saturated carbocycles. The number of thioether (sulfide) groups is 1. The predicted octanol–water partition coefficient (Wildman–Crippen LogP) is 4.79. The first kappa shape index (κ1) is 11.5. The van der Waals surface area contributed by atoms with E-state index in [4.69, 9.17) is 5.11 Å². The highest BCUT2D eigenvalue weighted by atomic mass is 32.2. The molecule has 90 valence electrons. The maximum Gasteiger partial charge on any atom is 0.232 e. The summed E-state index contributed by atoms with van der Waals surface area (Å²) >= 11 is 1.86. The van der Waals surface area contributed by atoms with Gasteiger partial charge in [0.2, 0.25) is 11.6 Å². The van der Waals surface area contributed by atoms with Crippen molar-refractivity contribution in [2.45, 2.75) is 18.7 Å². The number of nitrogens with zero attached hydrogens (tertiary/aromatic N) is 2. The van der Waals surface area contributed by atoms with Gasteiger partial charge in [-0.1, -0.05) is 40.7 Å². The molecule has 18 heavy (non-hydrogen) atoms. The van der Waals surface area contributed by atoms with Gasteiger partial charge in [0.25, 0.3) is 0 Å². The lowest BCUT2D eigenvalue weighted by atomic mass is 10.1. The lowest BCUT2D eigenvalue weighted by Crippen LogP contribution is -2.06. The minimum absolute atomic E-state index is 0.876. The van der Waals surface area contributed by atoms with Crippen molar-refractivity contribution >= 4 is 23.1 Å². The minimum Gasteiger partial charge on any atom is -0.0737 e. The summed E-state index contributed by atoms with van der Waals surface area (Å²) in [5.41, 5.74) is 4.83. The summed E-state index contributed by atoms with van der Waals surface area (Å²) in [6, 6.07) is 14.7. The summed E-state index contributed by atoms with van der Waals surface area (Å²) in [5.74, 6) is 0.876. The molecule has 0 radical (unpaired) electrons. The summed E-state index contributed by atoms with van der Waals surface area (Å²) < 4.78 is 2.06. The van der Waals surface area contributed by atoms with Crippen LogP contribution in [0.25, 0.3) is 0 Å². The van der Waals surface area contributed by atoms with Crippen LogP contribution in [0.4, 0.5) is 11.4 Å². The van der Waals surface area contributed by atoms with Crippen molar-refractivity contribution in [3.05, 3.63) is 53.6 Å². The fourth-order valence-corrected chi connectivity index (χ4v) is 3.20. The molecule has 0 N–H and O–H groups in total. The van der Waals surface area contributed by atoms with E-state index >= 15 is 0 Å². The van der Waals surface area contributed by atoms with E-state index in [1.807, 2.05) is 30.0 Å². The van der Waals surface area contributed by atoms with Crippen LogP contribution in [0.2, 0.25) is 0 Å². The summed E-state index contributed by atoms with van der Waals surface area (Å²) in [7, 11) is 0. The minimum atomic E-state index is 0.876. The van der Waals surface area contributed by atoms with Gasteiger partial charge in [0.05, 0.1) is 0 Å². The third kappa shape index (κ3) is 2.06. The number of fused-ring (bicyclic) bond motifs is 1. The first-order chi connectivity index (χ1) is 8.74. The quantitative estimate of drug-likeness (QED) is 0.668. The average molecular weight is 255 g/mol. The predicted molar refractivity (Wildman–Crippen MR) is 75.1 cm³/mol. The van der Waals surface area contributed by atoms with Gasteiger partial charge < -0.3 is 0 Å². The highest BCUT2D eigenvalue weighted by Crippen LogP contribution is 2.39. The molecule has 3 rings (SSSR count). The van der Waals surface area contributed by atoms with Gasteiger partial charge in [-0.25, -0.2) is 0 Å². The zero-order valence-corrected chi connectivity index (χ0v) is 11.4. The van der Waals surface area contributed by atoms with Crippen LogP contribution in [0.5, 0.6) is 0 Å². The normalized spacial score (nSPS) is 14.0. The van der Waals surface area contributed by atoms with Gasteiger partial charge in [0.15, 0.2) is 0 Å². The Morgan fingerprint density at radius 3 is 2.67 bits per heavy atom. The van der Waals surface area contributed by atoms with Crippen LogP contribution < -0.4 is 0 Å². The third-order valence-electron chi connectivity index (χ3n) is 3.01. The zero-order valence-electron chi connectivity index (χ0n) is 10.6. The van der Waals surface area contributed by atoms with E-state index in [2.05, 4.69) is 42.8 Å². The summed E-state index contributed by atoms with van der Waals surface area (Å²) in [6.45, 7) is 4.28. The lowest BCUT2D eigenvalue weighted by Gasteiger charge is -2.12. The van der Waals surface area contributed by atoms with Crippen molar-refractivity contribution in [2.75, 3.05) is 5.88 Å². The molecule has 2 aromatic carbocycles. The molecule has 1 heterocycles. The molecular weight excluding hydrogens is 240 g/mol. The number of aryl methyl sites for hydroxylation is 2. The van der Waals surface area contributed by atoms with Crippen LogP contribution in [-0.2, 0) is 0 Å². The van der Waals surface area contributed by atoms with Gasteiger partial charge in [-0.15, -0.1) is 0 Å². The van der Waals surface area contributed by atoms with Gasteiger partial charge in [0.1, 0.15) is 5.69 Å². The van der Waals surface area contributed by atoms with Gasteiger partial charge >= 0.3 is 0 Å². The lowest BCUT2D eigenvalue weighted by molar-refractivity contribution is -0.488. The smallest absolute Gasteiger partial charge is 0.0737 e. The highest BCUT2D eigenvalue weighted by Gasteiger charge is 2.22. The van der Waals surface area contributed by atoms with E-state index in [9.17, 15) is 0 Å². The fraction of sp³-hybridized carbons (Fsp3) is 0.200. The second-order valence-electron chi connectivity index (χ2n) is 4.54. The zero-order chi connectivity index (χ0) is 12.5. The van der Waals surface area contributed by atoms with Crippen molar-refractivity contribution < 1.29 is 4.70 Å². The van der Waals surface area contributed by atoms with Crippen molar-refractivity contribution in [1.29, 1.82) is 0 Å². The summed E-state index contributed by atoms with van der Waals surface area (Å²) in [5, 5.41) is 4.75. The van der Waals surface area contributed by atoms with E-state index in [1.165, 1.54) is 16.0 Å². The molecule has 0 amide bonds. The molecule has 0 atom stereocenters. The Bertz CT molecular complexity index is 618. The first-order valence-corrected chi connectivity index (χ1v) is 7.01. The van der Waals surface area contributed by atoms with Crippen LogP contribution in [0, 0.1) is 13.8 Å². The van der Waals surface area contributed by atoms with Crippen LogP contribution in [0.1, 0.15) is 11.1 Å². The molecule has 1 aliphatic heterocycles. The van der Waals surface area contributed by atoms with Gasteiger partial charge in [-0.3, -0.25) is 0 Å². The maximum absolute atomic E-state index is 4.75. The molecule has 0 spiro atoms. The molecule has 2 aromatic rings. The van der Waals surface area contributed by atoms with Crippen molar-refractivity contribution in [1.82, 2.24) is 0 Å². The molecule has 0 bridgehead atoms. The van der Waals surface area contributed by atoms with Crippen LogP contribution in [-0.4, -0.2) is 10.6 Å². The number of rotatable bonds is 1. The Hall–Kier alpha value is -1.61. The van der Waals surface area contributed by atoms with Crippen molar-refractivity contribution in [3.8, 4) is 0 Å². The fourth-order valence-electron chi connectivity index (χ4n) is 2.21. The van der Waals surface area contributed by atoms with Gasteiger partial charge in [0, 0.05) is 22.1 Å². The summed E-state index contributed by atoms with van der Waals surface area (Å²) in [6.07, 6.45) is 0. The number of hydrogen-bond donors (Lipinski definition) is 0. The Kier molecular flexibility index (Phi) is 2.92. The van der Waals surface area contributed by atoms with E-state index in [0.29, 0.717) is 0 Å². The second-order valence-corrected chi connectivity index (χ2v) is 5.49.